The number of rotatable bonds is 6. The van der Waals surface area contributed by atoms with Gasteiger partial charge in [0.25, 0.3) is 15.9 Å². The summed E-state index contributed by atoms with van der Waals surface area (Å²) in [5.74, 6) is -0.292. The summed E-state index contributed by atoms with van der Waals surface area (Å²) in [6.45, 7) is 0. The van der Waals surface area contributed by atoms with Crippen LogP contribution in [0, 0.1) is 5.92 Å². The molecule has 0 heterocycles. The number of hydrogen-bond acceptors (Lipinski definition) is 5. The normalized spacial score (nSPS) is 14.6. The average molecular weight is 432 g/mol. The molecule has 1 aliphatic carbocycles. The lowest BCUT2D eigenvalue weighted by Gasteiger charge is -2.20. The van der Waals surface area contributed by atoms with Crippen molar-refractivity contribution >= 4 is 27.5 Å². The number of amides is 2. The van der Waals surface area contributed by atoms with Crippen LogP contribution >= 0.6 is 0 Å². The molecule has 2 aromatic carbocycles. The minimum Gasteiger partial charge on any atom is -0.497 e. The zero-order chi connectivity index (χ0) is 21.6. The van der Waals surface area contributed by atoms with E-state index in [4.69, 9.17) is 4.74 Å². The van der Waals surface area contributed by atoms with Gasteiger partial charge in [-0.25, -0.2) is 8.42 Å². The number of benzene rings is 2. The van der Waals surface area contributed by atoms with Gasteiger partial charge < -0.3 is 4.74 Å². The number of methoxy groups -OCH3 is 1. The molecule has 1 aliphatic rings. The van der Waals surface area contributed by atoms with Crippen molar-refractivity contribution in [2.75, 3.05) is 11.8 Å². The smallest absolute Gasteiger partial charge is 0.269 e. The maximum Gasteiger partial charge on any atom is 0.269 e. The third-order valence-corrected chi connectivity index (χ3v) is 6.40. The molecule has 9 heteroatoms. The van der Waals surface area contributed by atoms with Crippen LogP contribution in [0.3, 0.4) is 0 Å². The maximum atomic E-state index is 12.7. The first-order valence-electron chi connectivity index (χ1n) is 9.76. The van der Waals surface area contributed by atoms with E-state index in [-0.39, 0.29) is 22.3 Å². The van der Waals surface area contributed by atoms with Crippen LogP contribution in [0.2, 0.25) is 0 Å². The highest BCUT2D eigenvalue weighted by molar-refractivity contribution is 7.92. The second-order valence-corrected chi connectivity index (χ2v) is 8.82. The van der Waals surface area contributed by atoms with Gasteiger partial charge >= 0.3 is 0 Å². The highest BCUT2D eigenvalue weighted by Crippen LogP contribution is 2.23. The van der Waals surface area contributed by atoms with Gasteiger partial charge in [-0.15, -0.1) is 0 Å². The fourth-order valence-electron chi connectivity index (χ4n) is 3.34. The maximum absolute atomic E-state index is 12.7. The van der Waals surface area contributed by atoms with Gasteiger partial charge in [0.1, 0.15) is 5.75 Å². The number of nitrogens with one attached hydrogen (secondary N) is 3. The van der Waals surface area contributed by atoms with Crippen LogP contribution in [0.25, 0.3) is 0 Å². The second kappa shape index (κ2) is 9.62. The zero-order valence-corrected chi connectivity index (χ0v) is 17.5. The van der Waals surface area contributed by atoms with Crippen molar-refractivity contribution in [3.63, 3.8) is 0 Å². The Morgan fingerprint density at radius 2 is 1.67 bits per heavy atom. The van der Waals surface area contributed by atoms with Crippen molar-refractivity contribution in [3.05, 3.63) is 54.1 Å². The Labute approximate surface area is 176 Å². The highest BCUT2D eigenvalue weighted by atomic mass is 32.2. The van der Waals surface area contributed by atoms with Gasteiger partial charge in [0, 0.05) is 17.2 Å². The van der Waals surface area contributed by atoms with Crippen molar-refractivity contribution in [1.29, 1.82) is 0 Å². The summed E-state index contributed by atoms with van der Waals surface area (Å²) in [5, 5.41) is 0. The molecule has 0 spiro atoms. The van der Waals surface area contributed by atoms with E-state index in [0.29, 0.717) is 11.4 Å². The van der Waals surface area contributed by atoms with E-state index < -0.39 is 15.9 Å². The molecular formula is C21H25N3O5S. The summed E-state index contributed by atoms with van der Waals surface area (Å²) in [5.41, 5.74) is 5.30. The lowest BCUT2D eigenvalue weighted by atomic mass is 9.89. The standard InChI is InChI=1S/C21H25N3O5S/c1-29-18-12-10-17(11-13-18)24-30(27,28)19-9-5-8-16(14-19)21(26)23-22-20(25)15-6-3-2-4-7-15/h5,8-15,24H,2-4,6-7H2,1H3,(H,22,25)(H,23,26). The number of sulfonamides is 1. The average Bonchev–Trinajstić information content (AvgIpc) is 2.78. The molecule has 8 nitrogen and oxygen atoms in total. The van der Waals surface area contributed by atoms with Crippen molar-refractivity contribution in [1.82, 2.24) is 10.9 Å². The minimum atomic E-state index is -3.90. The van der Waals surface area contributed by atoms with Gasteiger partial charge in [-0.2, -0.15) is 0 Å². The van der Waals surface area contributed by atoms with E-state index in [2.05, 4.69) is 15.6 Å². The summed E-state index contributed by atoms with van der Waals surface area (Å²) < 4.78 is 32.8. The van der Waals surface area contributed by atoms with Gasteiger partial charge in [-0.1, -0.05) is 25.3 Å². The van der Waals surface area contributed by atoms with E-state index in [1.165, 1.54) is 31.4 Å². The summed E-state index contributed by atoms with van der Waals surface area (Å²) >= 11 is 0. The van der Waals surface area contributed by atoms with Crippen LogP contribution in [-0.4, -0.2) is 27.3 Å². The van der Waals surface area contributed by atoms with Crippen molar-refractivity contribution in [2.24, 2.45) is 5.92 Å². The molecule has 0 atom stereocenters. The molecule has 1 saturated carbocycles. The van der Waals surface area contributed by atoms with E-state index in [1.807, 2.05) is 0 Å². The molecular weight excluding hydrogens is 406 g/mol. The first kappa shape index (κ1) is 21.6. The molecule has 30 heavy (non-hydrogen) atoms. The molecule has 0 aliphatic heterocycles. The predicted octanol–water partition coefficient (Wildman–Crippen LogP) is 2.84. The summed E-state index contributed by atoms with van der Waals surface area (Å²) in [6.07, 6.45) is 4.77. The fraction of sp³-hybridized carbons (Fsp3) is 0.333. The van der Waals surface area contributed by atoms with Gasteiger partial charge in [0.2, 0.25) is 5.91 Å². The number of hydrazine groups is 1. The summed E-state index contributed by atoms with van der Waals surface area (Å²) in [6, 6.07) is 12.0. The molecule has 3 rings (SSSR count). The summed E-state index contributed by atoms with van der Waals surface area (Å²) in [7, 11) is -2.37. The fourth-order valence-corrected chi connectivity index (χ4v) is 4.44. The minimum absolute atomic E-state index is 0.0652. The predicted molar refractivity (Wildman–Crippen MR) is 112 cm³/mol. The Bertz CT molecular complexity index is 1000. The van der Waals surface area contributed by atoms with Gasteiger partial charge in [-0.3, -0.25) is 25.2 Å². The number of carbonyl (C=O) groups excluding carboxylic acids is 2. The van der Waals surface area contributed by atoms with Gasteiger partial charge in [0.15, 0.2) is 0 Å². The highest BCUT2D eigenvalue weighted by Gasteiger charge is 2.22. The van der Waals surface area contributed by atoms with Gasteiger partial charge in [-0.05, 0) is 55.3 Å². The van der Waals surface area contributed by atoms with E-state index >= 15 is 0 Å². The quantitative estimate of drug-likeness (QED) is 0.609. The first-order valence-corrected chi connectivity index (χ1v) is 11.2. The van der Waals surface area contributed by atoms with Crippen molar-refractivity contribution in [2.45, 2.75) is 37.0 Å². The molecule has 0 aromatic heterocycles. The van der Waals surface area contributed by atoms with Crippen LogP contribution < -0.4 is 20.3 Å². The zero-order valence-electron chi connectivity index (χ0n) is 16.7. The molecule has 2 amide bonds. The molecule has 0 unspecified atom stereocenters. The lowest BCUT2D eigenvalue weighted by molar-refractivity contribution is -0.126. The van der Waals surface area contributed by atoms with Crippen molar-refractivity contribution < 1.29 is 22.7 Å². The molecule has 0 bridgehead atoms. The number of hydrogen-bond donors (Lipinski definition) is 3. The Kier molecular flexibility index (Phi) is 6.94. The van der Waals surface area contributed by atoms with Crippen LogP contribution in [-0.2, 0) is 14.8 Å². The van der Waals surface area contributed by atoms with Crippen LogP contribution in [0.1, 0.15) is 42.5 Å². The van der Waals surface area contributed by atoms with Crippen molar-refractivity contribution in [3.8, 4) is 5.75 Å². The van der Waals surface area contributed by atoms with Crippen LogP contribution in [0.5, 0.6) is 5.75 Å². The Morgan fingerprint density at radius 3 is 2.33 bits per heavy atom. The van der Waals surface area contributed by atoms with E-state index in [0.717, 1.165) is 32.1 Å². The van der Waals surface area contributed by atoms with Gasteiger partial charge in [0.05, 0.1) is 12.0 Å². The van der Waals surface area contributed by atoms with Crippen LogP contribution in [0.15, 0.2) is 53.4 Å². The van der Waals surface area contributed by atoms with E-state index in [1.54, 1.807) is 24.3 Å². The second-order valence-electron chi connectivity index (χ2n) is 7.14. The Balaban J connectivity index is 1.64. The Morgan fingerprint density at radius 1 is 0.967 bits per heavy atom. The number of anilines is 1. The molecule has 0 radical (unpaired) electrons. The molecule has 3 N–H and O–H groups in total. The SMILES string of the molecule is COc1ccc(NS(=O)(=O)c2cccc(C(=O)NNC(=O)C3CCCCC3)c2)cc1. The van der Waals surface area contributed by atoms with Crippen LogP contribution in [0.4, 0.5) is 5.69 Å². The lowest BCUT2D eigenvalue weighted by Crippen LogP contribution is -2.45. The third kappa shape index (κ3) is 5.50. The third-order valence-electron chi connectivity index (χ3n) is 5.02. The monoisotopic (exact) mass is 431 g/mol. The largest absolute Gasteiger partial charge is 0.497 e. The number of ether oxygens (including phenoxy) is 1. The Hall–Kier alpha value is -3.07. The number of carbonyl (C=O) groups is 2. The molecule has 160 valence electrons. The molecule has 0 saturated heterocycles. The molecule has 2 aromatic rings. The molecule has 1 fully saturated rings. The summed E-state index contributed by atoms with van der Waals surface area (Å²) in [4.78, 5) is 24.5. The topological polar surface area (TPSA) is 114 Å². The first-order chi connectivity index (χ1) is 14.4. The van der Waals surface area contributed by atoms with E-state index in [9.17, 15) is 18.0 Å².